The van der Waals surface area contributed by atoms with E-state index in [0.717, 1.165) is 5.56 Å². The van der Waals surface area contributed by atoms with Crippen molar-refractivity contribution < 1.29 is 9.18 Å². The van der Waals surface area contributed by atoms with Gasteiger partial charge >= 0.3 is 0 Å². The van der Waals surface area contributed by atoms with E-state index in [9.17, 15) is 9.18 Å². The lowest BCUT2D eigenvalue weighted by molar-refractivity contribution is 0.102. The SMILES string of the molecule is Cc1c(Cl)cccc1NC(=O)c1cccc(F)n1. The second-order valence-corrected chi connectivity index (χ2v) is 4.12. The van der Waals surface area contributed by atoms with Crippen molar-refractivity contribution in [1.29, 1.82) is 0 Å². The van der Waals surface area contributed by atoms with Crippen molar-refractivity contribution in [2.24, 2.45) is 0 Å². The molecule has 0 fully saturated rings. The third-order valence-electron chi connectivity index (χ3n) is 2.46. The molecule has 1 aromatic heterocycles. The number of anilines is 1. The van der Waals surface area contributed by atoms with Crippen LogP contribution < -0.4 is 5.32 Å². The van der Waals surface area contributed by atoms with Gasteiger partial charge in [-0.2, -0.15) is 4.39 Å². The average molecular weight is 265 g/mol. The number of nitrogens with zero attached hydrogens (tertiary/aromatic N) is 1. The average Bonchev–Trinajstić information content (AvgIpc) is 2.35. The monoisotopic (exact) mass is 264 g/mol. The Hall–Kier alpha value is -1.94. The zero-order valence-corrected chi connectivity index (χ0v) is 10.3. The van der Waals surface area contributed by atoms with E-state index >= 15 is 0 Å². The first-order valence-electron chi connectivity index (χ1n) is 5.27. The molecule has 0 bridgehead atoms. The maximum Gasteiger partial charge on any atom is 0.274 e. The zero-order valence-electron chi connectivity index (χ0n) is 9.58. The predicted octanol–water partition coefficient (Wildman–Crippen LogP) is 3.43. The van der Waals surface area contributed by atoms with Crippen LogP contribution in [0.4, 0.5) is 10.1 Å². The van der Waals surface area contributed by atoms with Crippen LogP contribution in [0.15, 0.2) is 36.4 Å². The number of carbonyl (C=O) groups excluding carboxylic acids is 1. The Bertz CT molecular complexity index is 601. The van der Waals surface area contributed by atoms with Gasteiger partial charge in [0.2, 0.25) is 5.95 Å². The van der Waals surface area contributed by atoms with E-state index in [4.69, 9.17) is 11.6 Å². The summed E-state index contributed by atoms with van der Waals surface area (Å²) in [5.41, 5.74) is 1.36. The molecule has 0 aliphatic carbocycles. The van der Waals surface area contributed by atoms with E-state index in [1.165, 1.54) is 18.2 Å². The molecule has 0 radical (unpaired) electrons. The fourth-order valence-corrected chi connectivity index (χ4v) is 1.64. The molecule has 0 saturated heterocycles. The van der Waals surface area contributed by atoms with Crippen molar-refractivity contribution in [2.75, 3.05) is 5.32 Å². The van der Waals surface area contributed by atoms with Crippen molar-refractivity contribution in [3.63, 3.8) is 0 Å². The molecule has 0 aliphatic rings. The highest BCUT2D eigenvalue weighted by Gasteiger charge is 2.10. The van der Waals surface area contributed by atoms with E-state index in [0.29, 0.717) is 10.7 Å². The van der Waals surface area contributed by atoms with Crippen LogP contribution in [0.5, 0.6) is 0 Å². The molecule has 1 aromatic carbocycles. The molecule has 0 atom stereocenters. The van der Waals surface area contributed by atoms with Crippen molar-refractivity contribution in [3.8, 4) is 0 Å². The van der Waals surface area contributed by atoms with Crippen molar-refractivity contribution in [3.05, 3.63) is 58.6 Å². The van der Waals surface area contributed by atoms with E-state index in [1.807, 2.05) is 0 Å². The number of pyridine rings is 1. The first-order chi connectivity index (χ1) is 8.58. The zero-order chi connectivity index (χ0) is 13.1. The molecule has 92 valence electrons. The Morgan fingerprint density at radius 1 is 1.28 bits per heavy atom. The van der Waals surface area contributed by atoms with E-state index in [1.54, 1.807) is 25.1 Å². The molecule has 3 nitrogen and oxygen atoms in total. The van der Waals surface area contributed by atoms with Crippen molar-refractivity contribution >= 4 is 23.2 Å². The third kappa shape index (κ3) is 2.65. The maximum atomic E-state index is 12.9. The second kappa shape index (κ2) is 5.14. The Kier molecular flexibility index (Phi) is 3.58. The summed E-state index contributed by atoms with van der Waals surface area (Å²) in [5.74, 6) is -1.16. The smallest absolute Gasteiger partial charge is 0.274 e. The lowest BCUT2D eigenvalue weighted by Gasteiger charge is -2.08. The van der Waals surface area contributed by atoms with Crippen LogP contribution >= 0.6 is 11.6 Å². The topological polar surface area (TPSA) is 42.0 Å². The van der Waals surface area contributed by atoms with Crippen LogP contribution in [0.25, 0.3) is 0 Å². The molecule has 1 amide bonds. The predicted molar refractivity (Wildman–Crippen MR) is 68.3 cm³/mol. The number of aromatic nitrogens is 1. The van der Waals surface area contributed by atoms with Gasteiger partial charge in [-0.15, -0.1) is 0 Å². The van der Waals surface area contributed by atoms with Gasteiger partial charge in [0.25, 0.3) is 5.91 Å². The first-order valence-corrected chi connectivity index (χ1v) is 5.65. The van der Waals surface area contributed by atoms with E-state index < -0.39 is 11.9 Å². The quantitative estimate of drug-likeness (QED) is 0.845. The molecule has 0 aliphatic heterocycles. The minimum atomic E-state index is -0.689. The normalized spacial score (nSPS) is 10.2. The number of amides is 1. The van der Waals surface area contributed by atoms with Crippen LogP contribution in [0.2, 0.25) is 5.02 Å². The third-order valence-corrected chi connectivity index (χ3v) is 2.87. The summed E-state index contributed by atoms with van der Waals surface area (Å²) in [4.78, 5) is 15.4. The molecule has 2 rings (SSSR count). The van der Waals surface area contributed by atoms with Crippen LogP contribution in [-0.4, -0.2) is 10.9 Å². The van der Waals surface area contributed by atoms with Crippen LogP contribution in [0.1, 0.15) is 16.1 Å². The summed E-state index contributed by atoms with van der Waals surface area (Å²) in [6.07, 6.45) is 0. The number of halogens is 2. The molecule has 2 aromatic rings. The molecule has 0 spiro atoms. The molecular weight excluding hydrogens is 255 g/mol. The fraction of sp³-hybridized carbons (Fsp3) is 0.0769. The van der Waals surface area contributed by atoms with E-state index in [2.05, 4.69) is 10.3 Å². The van der Waals surface area contributed by atoms with Gasteiger partial charge in [0.1, 0.15) is 5.69 Å². The Labute approximate surface area is 109 Å². The number of hydrogen-bond donors (Lipinski definition) is 1. The minimum absolute atomic E-state index is 0.0226. The summed E-state index contributed by atoms with van der Waals surface area (Å²) in [5, 5.41) is 3.20. The highest BCUT2D eigenvalue weighted by molar-refractivity contribution is 6.31. The molecule has 0 saturated carbocycles. The molecule has 18 heavy (non-hydrogen) atoms. The standard InChI is InChI=1S/C13H10ClFN2O/c1-8-9(14)4-2-5-10(8)17-13(18)11-6-3-7-12(15)16-11/h2-7H,1H3,(H,17,18). The largest absolute Gasteiger partial charge is 0.320 e. The van der Waals surface area contributed by atoms with Crippen molar-refractivity contribution in [2.45, 2.75) is 6.92 Å². The number of nitrogens with one attached hydrogen (secondary N) is 1. The summed E-state index contributed by atoms with van der Waals surface area (Å²) in [6.45, 7) is 1.79. The van der Waals surface area contributed by atoms with Gasteiger partial charge in [-0.05, 0) is 36.8 Å². The van der Waals surface area contributed by atoms with E-state index in [-0.39, 0.29) is 5.69 Å². The summed E-state index contributed by atoms with van der Waals surface area (Å²) < 4.78 is 12.9. The highest BCUT2D eigenvalue weighted by atomic mass is 35.5. The number of rotatable bonds is 2. The molecule has 1 heterocycles. The van der Waals surface area contributed by atoms with Gasteiger partial charge in [-0.1, -0.05) is 23.7 Å². The molecule has 1 N–H and O–H groups in total. The Balaban J connectivity index is 2.24. The van der Waals surface area contributed by atoms with Gasteiger partial charge in [-0.25, -0.2) is 4.98 Å². The first kappa shape index (κ1) is 12.5. The van der Waals surface area contributed by atoms with Gasteiger partial charge in [0.15, 0.2) is 0 Å². The Morgan fingerprint density at radius 2 is 2.00 bits per heavy atom. The Morgan fingerprint density at radius 3 is 2.72 bits per heavy atom. The number of carbonyl (C=O) groups is 1. The van der Waals surface area contributed by atoms with Gasteiger partial charge in [0.05, 0.1) is 0 Å². The molecular formula is C13H10ClFN2O. The molecule has 5 heteroatoms. The summed E-state index contributed by atoms with van der Waals surface area (Å²) in [7, 11) is 0. The summed E-state index contributed by atoms with van der Waals surface area (Å²) >= 11 is 5.94. The molecule has 0 unspecified atom stereocenters. The minimum Gasteiger partial charge on any atom is -0.320 e. The lowest BCUT2D eigenvalue weighted by atomic mass is 10.2. The fourth-order valence-electron chi connectivity index (χ4n) is 1.46. The van der Waals surface area contributed by atoms with Crippen LogP contribution in [0.3, 0.4) is 0 Å². The maximum absolute atomic E-state index is 12.9. The summed E-state index contributed by atoms with van der Waals surface area (Å²) in [6, 6.07) is 9.23. The number of hydrogen-bond acceptors (Lipinski definition) is 2. The van der Waals surface area contributed by atoms with Crippen molar-refractivity contribution in [1.82, 2.24) is 4.98 Å². The van der Waals surface area contributed by atoms with Gasteiger partial charge in [-0.3, -0.25) is 4.79 Å². The second-order valence-electron chi connectivity index (χ2n) is 3.71. The van der Waals surface area contributed by atoms with Gasteiger partial charge < -0.3 is 5.32 Å². The highest BCUT2D eigenvalue weighted by Crippen LogP contribution is 2.23. The van der Waals surface area contributed by atoms with Crippen LogP contribution in [0, 0.1) is 12.9 Å². The van der Waals surface area contributed by atoms with Gasteiger partial charge in [0, 0.05) is 10.7 Å². The van der Waals surface area contributed by atoms with Crippen LogP contribution in [-0.2, 0) is 0 Å². The lowest BCUT2D eigenvalue weighted by Crippen LogP contribution is -2.14. The number of benzene rings is 1.